The second kappa shape index (κ2) is 16.3. The average Bonchev–Trinajstić information content (AvgIpc) is 3.25. The summed E-state index contributed by atoms with van der Waals surface area (Å²) in [5, 5.41) is 138. The molecule has 8 rings (SSSR count). The third-order valence-corrected chi connectivity index (χ3v) is 11.4. The molecule has 6 aromatic rings. The molecule has 0 bridgehead atoms. The number of rotatable bonds is 8. The quantitative estimate of drug-likeness (QED) is 0.0984. The summed E-state index contributed by atoms with van der Waals surface area (Å²) in [7, 11) is 0. The van der Waals surface area contributed by atoms with Gasteiger partial charge in [0.2, 0.25) is 5.43 Å². The van der Waals surface area contributed by atoms with Gasteiger partial charge in [-0.05, 0) is 54.6 Å². The molecule has 19 nitrogen and oxygen atoms in total. The van der Waals surface area contributed by atoms with Crippen molar-refractivity contribution in [2.24, 2.45) is 0 Å². The van der Waals surface area contributed by atoms with Crippen LogP contribution in [0.4, 0.5) is 0 Å². The molecule has 19 heteroatoms. The zero-order chi connectivity index (χ0) is 44.5. The van der Waals surface area contributed by atoms with Crippen molar-refractivity contribution < 1.29 is 84.7 Å². The van der Waals surface area contributed by atoms with E-state index in [2.05, 4.69) is 0 Å². The van der Waals surface area contributed by atoms with E-state index in [1.54, 1.807) is 0 Å². The topological polar surface area (TPSA) is 342 Å². The number of hydrogen-bond acceptors (Lipinski definition) is 19. The molecule has 2 aliphatic rings. The molecule has 0 radical (unpaired) electrons. The van der Waals surface area contributed by atoms with Crippen molar-refractivity contribution in [2.75, 3.05) is 13.2 Å². The lowest BCUT2D eigenvalue weighted by Gasteiger charge is -2.40. The number of ether oxygens (including phenoxy) is 2. The van der Waals surface area contributed by atoms with Gasteiger partial charge in [0.15, 0.2) is 5.43 Å². The van der Waals surface area contributed by atoms with Crippen LogP contribution in [0.5, 0.6) is 28.7 Å². The van der Waals surface area contributed by atoms with Gasteiger partial charge in [-0.15, -0.1) is 0 Å². The summed E-state index contributed by atoms with van der Waals surface area (Å²) in [6.45, 7) is -1.68. The fourth-order valence-electron chi connectivity index (χ4n) is 8.05. The molecular weight excluding hydrogens is 820 g/mol. The van der Waals surface area contributed by atoms with Crippen molar-refractivity contribution in [3.05, 3.63) is 109 Å². The van der Waals surface area contributed by atoms with Crippen LogP contribution in [-0.4, -0.2) is 128 Å². The van der Waals surface area contributed by atoms with Crippen LogP contribution in [0.15, 0.2) is 85.2 Å². The first-order chi connectivity index (χ1) is 29.5. The van der Waals surface area contributed by atoms with Crippen LogP contribution in [0.25, 0.3) is 44.6 Å². The molecule has 10 atom stereocenters. The van der Waals surface area contributed by atoms with Gasteiger partial charge in [0.25, 0.3) is 0 Å². The maximum atomic E-state index is 14.7. The second-order valence-electron chi connectivity index (χ2n) is 15.2. The molecule has 2 aliphatic heterocycles. The number of aliphatic hydroxyl groups is 8. The monoisotopic (exact) mass is 860 g/mol. The number of benzene rings is 4. The Morgan fingerprint density at radius 3 is 1.69 bits per heavy atom. The van der Waals surface area contributed by atoms with E-state index in [1.165, 1.54) is 48.5 Å². The Labute approximate surface area is 347 Å². The van der Waals surface area contributed by atoms with E-state index < -0.39 is 136 Å². The first-order valence-electron chi connectivity index (χ1n) is 19.1. The lowest BCUT2D eigenvalue weighted by atomic mass is 9.87. The van der Waals surface area contributed by atoms with Gasteiger partial charge >= 0.3 is 0 Å². The summed E-state index contributed by atoms with van der Waals surface area (Å²) in [5.41, 5.74) is -3.62. The molecule has 0 spiro atoms. The minimum Gasteiger partial charge on any atom is -0.508 e. The SMILES string of the molecule is O=c1c(C2OC(CO)[C@H](O)[C@H](O)[C@@H]2O)c(-c2ccc(O)cc2)oc2cc(O)c(Cc3cc(C4OC(CO)[C@H](O)[C@H](O)[C@@H]4O)c(O)c4c(=O)cc(-c5ccc(O)cc5)oc34)c(O)c12. The van der Waals surface area contributed by atoms with E-state index in [-0.39, 0.29) is 45.3 Å². The zero-order valence-corrected chi connectivity index (χ0v) is 32.0. The highest BCUT2D eigenvalue weighted by molar-refractivity contribution is 5.92. The van der Waals surface area contributed by atoms with Crippen LogP contribution in [0.2, 0.25) is 0 Å². The van der Waals surface area contributed by atoms with Gasteiger partial charge in [-0.1, -0.05) is 0 Å². The van der Waals surface area contributed by atoms with Crippen molar-refractivity contribution in [3.63, 3.8) is 0 Å². The molecular formula is C43H40O19. The molecule has 4 aromatic carbocycles. The third-order valence-electron chi connectivity index (χ3n) is 11.4. The summed E-state index contributed by atoms with van der Waals surface area (Å²) in [6, 6.07) is 13.8. The minimum atomic E-state index is -2.00. The van der Waals surface area contributed by atoms with Crippen molar-refractivity contribution >= 4 is 21.9 Å². The molecule has 4 heterocycles. The Hall–Kier alpha value is -6.10. The Morgan fingerprint density at radius 2 is 1.11 bits per heavy atom. The largest absolute Gasteiger partial charge is 0.508 e. The van der Waals surface area contributed by atoms with Crippen LogP contribution in [-0.2, 0) is 15.9 Å². The fraction of sp³-hybridized carbons (Fsp3) is 0.302. The summed E-state index contributed by atoms with van der Waals surface area (Å²) < 4.78 is 23.7. The molecule has 0 amide bonds. The predicted octanol–water partition coefficient (Wildman–Crippen LogP) is 0.382. The van der Waals surface area contributed by atoms with Gasteiger partial charge in [0, 0.05) is 46.4 Å². The van der Waals surface area contributed by atoms with Crippen LogP contribution < -0.4 is 10.9 Å². The van der Waals surface area contributed by atoms with Crippen LogP contribution in [0.1, 0.15) is 34.5 Å². The van der Waals surface area contributed by atoms with Crippen LogP contribution in [0.3, 0.4) is 0 Å². The molecule has 326 valence electrons. The Balaban J connectivity index is 1.36. The standard InChI is InChI=1S/C43H40O19/c44-13-26-33(52)36(55)38(57)42(61-26)21-10-17(41-28(32(21)51)23(49)12-24(59-41)15-1-5-18(46)6-2-15)9-20-22(48)11-25-29(31(20)50)35(54)30(40(60-25)16-3-7-19(47)8-4-16)43-39(58)37(56)34(53)27(14-45)62-43/h1-8,10-12,26-27,33-34,36-39,42-48,50-53,55-58H,9,13-14H2/t26?,27?,33-,34-,36-,37-,38-,39-,42?,43?/m0/s1. The maximum absolute atomic E-state index is 14.7. The summed E-state index contributed by atoms with van der Waals surface area (Å²) in [6.07, 6.45) is -18.5. The summed E-state index contributed by atoms with van der Waals surface area (Å²) in [4.78, 5) is 28.6. The molecule has 2 fully saturated rings. The number of hydrogen-bond donors (Lipinski definition) is 13. The normalized spacial score (nSPS) is 26.6. The number of phenols is 5. The van der Waals surface area contributed by atoms with Gasteiger partial charge in [0.05, 0.1) is 18.8 Å². The lowest BCUT2D eigenvalue weighted by Crippen LogP contribution is -2.55. The van der Waals surface area contributed by atoms with Crippen molar-refractivity contribution in [1.29, 1.82) is 0 Å². The van der Waals surface area contributed by atoms with E-state index in [0.717, 1.165) is 18.2 Å². The molecule has 0 saturated carbocycles. The Kier molecular flexibility index (Phi) is 11.2. The van der Waals surface area contributed by atoms with Gasteiger partial charge < -0.3 is 84.7 Å². The first-order valence-corrected chi connectivity index (χ1v) is 19.1. The van der Waals surface area contributed by atoms with Gasteiger partial charge in [0.1, 0.15) is 123 Å². The lowest BCUT2D eigenvalue weighted by molar-refractivity contribution is -0.232. The van der Waals surface area contributed by atoms with Crippen LogP contribution in [0, 0.1) is 0 Å². The van der Waals surface area contributed by atoms with Gasteiger partial charge in [-0.25, -0.2) is 0 Å². The highest BCUT2D eigenvalue weighted by atomic mass is 16.6. The highest BCUT2D eigenvalue weighted by Gasteiger charge is 2.47. The second-order valence-corrected chi connectivity index (χ2v) is 15.2. The number of aromatic hydroxyl groups is 5. The number of aliphatic hydroxyl groups excluding tert-OH is 8. The third kappa shape index (κ3) is 7.09. The summed E-state index contributed by atoms with van der Waals surface area (Å²) in [5.74, 6) is -3.05. The summed E-state index contributed by atoms with van der Waals surface area (Å²) >= 11 is 0. The Bertz CT molecular complexity index is 2780. The Morgan fingerprint density at radius 1 is 0.565 bits per heavy atom. The van der Waals surface area contributed by atoms with Gasteiger partial charge in [-0.2, -0.15) is 0 Å². The van der Waals surface area contributed by atoms with Crippen molar-refractivity contribution in [1.82, 2.24) is 0 Å². The fourth-order valence-corrected chi connectivity index (χ4v) is 8.05. The molecule has 62 heavy (non-hydrogen) atoms. The predicted molar refractivity (Wildman–Crippen MR) is 212 cm³/mol. The zero-order valence-electron chi connectivity index (χ0n) is 32.0. The van der Waals surface area contributed by atoms with E-state index >= 15 is 0 Å². The van der Waals surface area contributed by atoms with E-state index in [4.69, 9.17) is 18.3 Å². The molecule has 2 saturated heterocycles. The minimum absolute atomic E-state index is 0.0673. The van der Waals surface area contributed by atoms with E-state index in [1.807, 2.05) is 0 Å². The molecule has 13 N–H and O–H groups in total. The average molecular weight is 861 g/mol. The molecule has 2 aromatic heterocycles. The smallest absolute Gasteiger partial charge is 0.203 e. The maximum Gasteiger partial charge on any atom is 0.203 e. The van der Waals surface area contributed by atoms with E-state index in [9.17, 15) is 76.0 Å². The van der Waals surface area contributed by atoms with Crippen molar-refractivity contribution in [2.45, 2.75) is 67.5 Å². The number of phenolic OH excluding ortho intramolecular Hbond substituents is 5. The first kappa shape index (κ1) is 42.6. The number of fused-ring (bicyclic) bond motifs is 2. The van der Waals surface area contributed by atoms with Crippen molar-refractivity contribution in [3.8, 4) is 51.4 Å². The molecule has 4 unspecified atom stereocenters. The molecule has 0 aliphatic carbocycles. The van der Waals surface area contributed by atoms with Crippen LogP contribution >= 0.6 is 0 Å². The van der Waals surface area contributed by atoms with E-state index in [0.29, 0.717) is 5.56 Å². The van der Waals surface area contributed by atoms with Gasteiger partial charge in [-0.3, -0.25) is 9.59 Å². The highest BCUT2D eigenvalue weighted by Crippen LogP contribution is 2.45.